The summed E-state index contributed by atoms with van der Waals surface area (Å²) in [5.74, 6) is -1.68. The van der Waals surface area contributed by atoms with Gasteiger partial charge in [-0.2, -0.15) is 13.2 Å². The van der Waals surface area contributed by atoms with Gasteiger partial charge in [0.15, 0.2) is 28.6 Å². The van der Waals surface area contributed by atoms with E-state index in [1.54, 1.807) is 0 Å². The molecule has 0 aliphatic carbocycles. The van der Waals surface area contributed by atoms with E-state index in [0.29, 0.717) is 67.2 Å². The van der Waals surface area contributed by atoms with E-state index >= 15 is 0 Å². The fourth-order valence-corrected chi connectivity index (χ4v) is 14.1. The van der Waals surface area contributed by atoms with Gasteiger partial charge >= 0.3 is 24.0 Å². The SMILES string of the molecule is CCCCCCCCCCCCCCOc1ccc(CCOC(=O)CC[C@H](NC(=O)c2ccc(N(Cc3cnc4ncncc4n3)C(=O)C(F)(F)F)cc2)C(=O)OCCc2ccc(OCCCCCCCCCCCCCC)c(OCCCCCCCCCCCCCC)c2)cc1OCCCCCCCCCCCCCC. The van der Waals surface area contributed by atoms with Gasteiger partial charge in [-0.1, -0.05) is 322 Å². The number of ether oxygens (including phenoxy) is 6. The Bertz CT molecular complexity index is 3250. The van der Waals surface area contributed by atoms with Crippen molar-refractivity contribution in [3.05, 3.63) is 102 Å². The molecule has 1 N–H and O–H groups in total. The Labute approximate surface area is 672 Å². The summed E-state index contributed by atoms with van der Waals surface area (Å²) >= 11 is 0. The highest BCUT2D eigenvalue weighted by Crippen LogP contribution is 2.33. The zero-order chi connectivity index (χ0) is 80.0. The third-order valence-electron chi connectivity index (χ3n) is 21.1. The van der Waals surface area contributed by atoms with Crippen LogP contribution in [0.2, 0.25) is 0 Å². The maximum absolute atomic E-state index is 14.3. The molecule has 5 aromatic rings. The minimum Gasteiger partial charge on any atom is -0.490 e. The van der Waals surface area contributed by atoms with Crippen molar-refractivity contribution in [3.63, 3.8) is 0 Å². The molecule has 19 heteroatoms. The second kappa shape index (κ2) is 62.3. The molecule has 0 saturated carbocycles. The van der Waals surface area contributed by atoms with Gasteiger partial charge in [0, 0.05) is 30.5 Å². The highest BCUT2D eigenvalue weighted by Gasteiger charge is 2.43. The molecule has 3 aromatic carbocycles. The molecule has 2 heterocycles. The highest BCUT2D eigenvalue weighted by molar-refractivity contribution is 5.99. The zero-order valence-electron chi connectivity index (χ0n) is 69.8. The number of hydrogen-bond donors (Lipinski definition) is 1. The molecule has 0 spiro atoms. The number of anilines is 1. The molecule has 2 amide bonds. The average molecular weight is 1560 g/mol. The fourth-order valence-electron chi connectivity index (χ4n) is 14.1. The Hall–Kier alpha value is -7.05. The van der Waals surface area contributed by atoms with Crippen molar-refractivity contribution >= 4 is 40.6 Å². The molecule has 1 atom stereocenters. The lowest BCUT2D eigenvalue weighted by Gasteiger charge is -2.24. The third kappa shape index (κ3) is 44.0. The van der Waals surface area contributed by atoms with Crippen LogP contribution < -0.4 is 29.2 Å². The van der Waals surface area contributed by atoms with Crippen LogP contribution in [0.3, 0.4) is 0 Å². The van der Waals surface area contributed by atoms with E-state index in [-0.39, 0.29) is 54.2 Å². The molecule has 2 aromatic heterocycles. The molecule has 16 nitrogen and oxygen atoms in total. The predicted octanol–water partition coefficient (Wildman–Crippen LogP) is 25.3. The van der Waals surface area contributed by atoms with Crippen LogP contribution >= 0.6 is 0 Å². The zero-order valence-corrected chi connectivity index (χ0v) is 69.8. The number of benzene rings is 3. The van der Waals surface area contributed by atoms with Gasteiger partial charge < -0.3 is 33.7 Å². The normalized spacial score (nSPS) is 11.8. The van der Waals surface area contributed by atoms with Gasteiger partial charge in [0.25, 0.3) is 5.91 Å². The number of carbonyl (C=O) groups is 4. The predicted molar refractivity (Wildman–Crippen MR) is 448 cm³/mol. The number of esters is 2. The first-order valence-electron chi connectivity index (χ1n) is 44.6. The quantitative estimate of drug-likeness (QED) is 0.0286. The van der Waals surface area contributed by atoms with Crippen LogP contribution in [0.4, 0.5) is 18.9 Å². The number of alkyl halides is 3. The number of nitrogens with one attached hydrogen (secondary N) is 1. The summed E-state index contributed by atoms with van der Waals surface area (Å²) in [4.78, 5) is 72.0. The second-order valence-electron chi connectivity index (χ2n) is 31.0. The maximum Gasteiger partial charge on any atom is 0.471 e. The van der Waals surface area contributed by atoms with E-state index in [1.807, 2.05) is 36.4 Å². The topological polar surface area (TPSA) is 190 Å². The van der Waals surface area contributed by atoms with E-state index in [1.165, 1.54) is 293 Å². The molecule has 112 heavy (non-hydrogen) atoms. The van der Waals surface area contributed by atoms with Gasteiger partial charge in [-0.25, -0.2) is 24.7 Å². The number of carbonyl (C=O) groups excluding carboxylic acids is 4. The summed E-state index contributed by atoms with van der Waals surface area (Å²) in [6.07, 6.45) is 58.8. The lowest BCUT2D eigenvalue weighted by atomic mass is 10.1. The van der Waals surface area contributed by atoms with Gasteiger partial charge in [-0.15, -0.1) is 0 Å². The van der Waals surface area contributed by atoms with E-state index in [0.717, 1.165) is 68.9 Å². The van der Waals surface area contributed by atoms with E-state index < -0.39 is 42.5 Å². The van der Waals surface area contributed by atoms with E-state index in [4.69, 9.17) is 28.4 Å². The number of halogens is 3. The molecule has 0 saturated heterocycles. The van der Waals surface area contributed by atoms with Crippen molar-refractivity contribution in [2.24, 2.45) is 0 Å². The molecule has 0 fully saturated rings. The van der Waals surface area contributed by atoms with Crippen molar-refractivity contribution in [1.82, 2.24) is 25.3 Å². The van der Waals surface area contributed by atoms with Crippen molar-refractivity contribution in [3.8, 4) is 23.0 Å². The lowest BCUT2D eigenvalue weighted by molar-refractivity contribution is -0.170. The first-order valence-corrected chi connectivity index (χ1v) is 44.6. The van der Waals surface area contributed by atoms with Gasteiger partial charge in [-0.05, 0) is 91.8 Å². The largest absolute Gasteiger partial charge is 0.490 e. The number of unbranched alkanes of at least 4 members (excludes halogenated alkanes) is 44. The molecule has 0 aliphatic rings. The van der Waals surface area contributed by atoms with Crippen LogP contribution in [0.15, 0.2) is 79.4 Å². The smallest absolute Gasteiger partial charge is 0.471 e. The monoisotopic (exact) mass is 1560 g/mol. The van der Waals surface area contributed by atoms with Gasteiger partial charge in [0.1, 0.15) is 17.9 Å². The highest BCUT2D eigenvalue weighted by atomic mass is 19.4. The molecule has 5 rings (SSSR count). The second-order valence-corrected chi connectivity index (χ2v) is 31.0. The Morgan fingerprint density at radius 1 is 0.420 bits per heavy atom. The van der Waals surface area contributed by atoms with Gasteiger partial charge in [-0.3, -0.25) is 19.3 Å². The van der Waals surface area contributed by atoms with Crippen molar-refractivity contribution in [2.45, 2.75) is 380 Å². The minimum absolute atomic E-state index is 0.0325. The van der Waals surface area contributed by atoms with E-state index in [9.17, 15) is 32.3 Å². The Morgan fingerprint density at radius 2 is 0.786 bits per heavy atom. The summed E-state index contributed by atoms with van der Waals surface area (Å²) in [7, 11) is 0. The van der Waals surface area contributed by atoms with Gasteiger partial charge in [0.2, 0.25) is 0 Å². The number of amides is 2. The Morgan fingerprint density at radius 3 is 1.17 bits per heavy atom. The lowest BCUT2D eigenvalue weighted by Crippen LogP contribution is -2.42. The first-order chi connectivity index (χ1) is 54.8. The summed E-state index contributed by atoms with van der Waals surface area (Å²) in [5, 5.41) is 2.72. The summed E-state index contributed by atoms with van der Waals surface area (Å²) in [5.41, 5.74) is 1.99. The number of rotatable bonds is 71. The summed E-state index contributed by atoms with van der Waals surface area (Å²) < 4.78 is 79.9. The molecular weight excluding hydrogens is 1420 g/mol. The maximum atomic E-state index is 14.3. The molecule has 0 unspecified atom stereocenters. The molecule has 628 valence electrons. The number of aromatic nitrogens is 4. The van der Waals surface area contributed by atoms with E-state index in [2.05, 4.69) is 52.9 Å². The van der Waals surface area contributed by atoms with Crippen molar-refractivity contribution < 1.29 is 60.8 Å². The van der Waals surface area contributed by atoms with Crippen LogP contribution in [0.25, 0.3) is 11.2 Å². The minimum atomic E-state index is -5.26. The van der Waals surface area contributed by atoms with Gasteiger partial charge in [0.05, 0.1) is 64.3 Å². The Balaban J connectivity index is 1.24. The van der Waals surface area contributed by atoms with Crippen LogP contribution in [-0.4, -0.2) is 95.5 Å². The molecule has 0 aliphatic heterocycles. The van der Waals surface area contributed by atoms with Crippen LogP contribution in [0.5, 0.6) is 23.0 Å². The third-order valence-corrected chi connectivity index (χ3v) is 21.1. The summed E-state index contributed by atoms with van der Waals surface area (Å²) in [6.45, 7) is 10.6. The average Bonchev–Trinajstić information content (AvgIpc) is 0.811. The number of hydrogen-bond acceptors (Lipinski definition) is 14. The summed E-state index contributed by atoms with van der Waals surface area (Å²) in [6, 6.07) is 15.2. The van der Waals surface area contributed by atoms with Crippen LogP contribution in [0, 0.1) is 0 Å². The van der Waals surface area contributed by atoms with Crippen LogP contribution in [-0.2, 0) is 43.2 Å². The molecule has 0 radical (unpaired) electrons. The Kier molecular flexibility index (Phi) is 53.2. The molecular formula is C93H145F3N6O10. The molecule has 0 bridgehead atoms. The van der Waals surface area contributed by atoms with Crippen LogP contribution in [0.1, 0.15) is 376 Å². The standard InChI is InChI=1S/C93H145F3N6O10/c1-5-9-13-17-21-25-29-33-37-41-45-49-65-107-84-60-53-77(71-86(84)109-67-51-47-43-39-35-31-27-23-19-15-11-7-3)63-69-111-88(103)62-59-82(101-90(104)79-55-57-81(58-56-79)102(92(106)93(94,95)96)75-80-73-98-89-83(100-80)74-97-76-99-89)91(105)112-70-64-78-54-61-85(108-66-50-46-42-38-34-30-26-22-18-14-10-6-2)87(72-78)110-68-52-48-44-40-36-32-28-24-20-16-12-8-4/h53-58,60-61,71-74,76,82H,5-52,59,62-70,75H2,1-4H3,(H,101,104)/t82-/m0/s1. The van der Waals surface area contributed by atoms with Crippen molar-refractivity contribution in [1.29, 1.82) is 0 Å². The fraction of sp³-hybridized carbons (Fsp3) is 0.699. The number of nitrogens with zero attached hydrogens (tertiary/aromatic N) is 5. The van der Waals surface area contributed by atoms with Crippen molar-refractivity contribution in [2.75, 3.05) is 44.5 Å². The first kappa shape index (κ1) is 95.5. The number of fused-ring (bicyclic) bond motifs is 1.